The highest BCUT2D eigenvalue weighted by Crippen LogP contribution is 2.45. The quantitative estimate of drug-likeness (QED) is 0.459. The summed E-state index contributed by atoms with van der Waals surface area (Å²) in [4.78, 5) is 36.9. The van der Waals surface area contributed by atoms with Crippen molar-refractivity contribution in [3.63, 3.8) is 0 Å². The molecule has 0 bridgehead atoms. The smallest absolute Gasteiger partial charge is 0.407 e. The van der Waals surface area contributed by atoms with Crippen LogP contribution in [0.25, 0.3) is 11.1 Å². The van der Waals surface area contributed by atoms with Gasteiger partial charge in [0.1, 0.15) is 12.6 Å². The zero-order chi connectivity index (χ0) is 25.0. The monoisotopic (exact) mass is 478 g/mol. The maximum Gasteiger partial charge on any atom is 0.407 e. The number of amides is 2. The third-order valence-corrected chi connectivity index (χ3v) is 7.24. The number of hydrogen-bond acceptors (Lipinski definition) is 4. The zero-order valence-corrected chi connectivity index (χ0v) is 20.4. The summed E-state index contributed by atoms with van der Waals surface area (Å²) in [6, 6.07) is 15.5. The Morgan fingerprint density at radius 3 is 2.14 bits per heavy atom. The molecule has 7 heteroatoms. The Morgan fingerprint density at radius 1 is 1.03 bits per heavy atom. The minimum Gasteiger partial charge on any atom is -0.481 e. The van der Waals surface area contributed by atoms with E-state index in [1.54, 1.807) is 0 Å². The molecule has 0 aliphatic heterocycles. The maximum absolute atomic E-state index is 12.9. The predicted molar refractivity (Wildman–Crippen MR) is 133 cm³/mol. The van der Waals surface area contributed by atoms with Crippen LogP contribution in [0.1, 0.15) is 63.0 Å². The Kier molecular flexibility index (Phi) is 7.43. The number of hydrogen-bond donors (Lipinski definition) is 3. The number of nitrogens with one attached hydrogen (secondary N) is 2. The van der Waals surface area contributed by atoms with Crippen molar-refractivity contribution in [3.05, 3.63) is 59.7 Å². The summed E-state index contributed by atoms with van der Waals surface area (Å²) in [7, 11) is 0. The molecule has 0 radical (unpaired) electrons. The SMILES string of the molecule is CC(C)C[C@@H](NC(=O)OCC1c2ccccc2-c2ccccc21)C(=O)NCC1(CC(=O)O)CCC1. The van der Waals surface area contributed by atoms with Gasteiger partial charge in [-0.2, -0.15) is 0 Å². The van der Waals surface area contributed by atoms with Crippen LogP contribution < -0.4 is 10.6 Å². The molecule has 0 unspecified atom stereocenters. The lowest BCUT2D eigenvalue weighted by atomic mass is 9.66. The van der Waals surface area contributed by atoms with Gasteiger partial charge in [-0.3, -0.25) is 9.59 Å². The van der Waals surface area contributed by atoms with E-state index in [1.807, 2.05) is 38.1 Å². The van der Waals surface area contributed by atoms with Crippen LogP contribution >= 0.6 is 0 Å². The second-order valence-corrected chi connectivity index (χ2v) is 10.3. The van der Waals surface area contributed by atoms with Gasteiger partial charge in [-0.1, -0.05) is 68.8 Å². The molecule has 1 fully saturated rings. The molecular formula is C28H34N2O5. The number of carboxylic acids is 1. The van der Waals surface area contributed by atoms with Gasteiger partial charge in [0.05, 0.1) is 6.42 Å². The summed E-state index contributed by atoms with van der Waals surface area (Å²) in [6.07, 6.45) is 2.42. The third-order valence-electron chi connectivity index (χ3n) is 7.24. The summed E-state index contributed by atoms with van der Waals surface area (Å²) in [5.74, 6) is -1.03. The number of carbonyl (C=O) groups excluding carboxylic acids is 2. The number of alkyl carbamates (subject to hydrolysis) is 1. The predicted octanol–water partition coefficient (Wildman–Crippen LogP) is 4.70. The maximum atomic E-state index is 12.9. The summed E-state index contributed by atoms with van der Waals surface area (Å²) in [5.41, 5.74) is 4.18. The summed E-state index contributed by atoms with van der Waals surface area (Å²) >= 11 is 0. The molecule has 2 aromatic rings. The van der Waals surface area contributed by atoms with E-state index in [0.29, 0.717) is 13.0 Å². The van der Waals surface area contributed by atoms with Gasteiger partial charge in [-0.05, 0) is 52.8 Å². The highest BCUT2D eigenvalue weighted by Gasteiger charge is 2.40. The van der Waals surface area contributed by atoms with Crippen molar-refractivity contribution in [2.45, 2.75) is 57.9 Å². The van der Waals surface area contributed by atoms with Crippen LogP contribution in [0, 0.1) is 11.3 Å². The molecule has 2 aliphatic rings. The largest absolute Gasteiger partial charge is 0.481 e. The van der Waals surface area contributed by atoms with E-state index in [9.17, 15) is 19.5 Å². The fourth-order valence-corrected chi connectivity index (χ4v) is 5.30. The van der Waals surface area contributed by atoms with E-state index >= 15 is 0 Å². The molecule has 0 heterocycles. The second-order valence-electron chi connectivity index (χ2n) is 10.3. The minimum atomic E-state index is -0.852. The van der Waals surface area contributed by atoms with Crippen molar-refractivity contribution in [2.75, 3.05) is 13.2 Å². The summed E-state index contributed by atoms with van der Waals surface area (Å²) < 4.78 is 5.62. The first-order valence-corrected chi connectivity index (χ1v) is 12.4. The van der Waals surface area contributed by atoms with Crippen molar-refractivity contribution in [3.8, 4) is 11.1 Å². The number of fused-ring (bicyclic) bond motifs is 3. The molecule has 0 saturated heterocycles. The molecular weight excluding hydrogens is 444 g/mol. The molecule has 3 N–H and O–H groups in total. The first kappa shape index (κ1) is 24.8. The Hall–Kier alpha value is -3.35. The Bertz CT molecular complexity index is 1050. The number of ether oxygens (including phenoxy) is 1. The van der Waals surface area contributed by atoms with E-state index in [1.165, 1.54) is 0 Å². The molecule has 35 heavy (non-hydrogen) atoms. The average Bonchev–Trinajstić information content (AvgIpc) is 3.12. The van der Waals surface area contributed by atoms with Crippen LogP contribution in [0.3, 0.4) is 0 Å². The molecule has 1 saturated carbocycles. The fraction of sp³-hybridized carbons (Fsp3) is 0.464. The molecule has 4 rings (SSSR count). The number of benzene rings is 2. The zero-order valence-electron chi connectivity index (χ0n) is 20.4. The molecule has 2 aliphatic carbocycles. The molecule has 186 valence electrons. The second kappa shape index (κ2) is 10.5. The summed E-state index contributed by atoms with van der Waals surface area (Å²) in [5, 5.41) is 14.8. The van der Waals surface area contributed by atoms with Crippen LogP contribution in [-0.4, -0.2) is 42.3 Å². The lowest BCUT2D eigenvalue weighted by Crippen LogP contribution is -2.51. The third kappa shape index (κ3) is 5.66. The first-order chi connectivity index (χ1) is 16.8. The number of aliphatic carboxylic acids is 1. The molecule has 7 nitrogen and oxygen atoms in total. The molecule has 1 atom stereocenters. The first-order valence-electron chi connectivity index (χ1n) is 12.4. The van der Waals surface area contributed by atoms with E-state index in [0.717, 1.165) is 41.5 Å². The van der Waals surface area contributed by atoms with Crippen molar-refractivity contribution in [2.24, 2.45) is 11.3 Å². The van der Waals surface area contributed by atoms with Crippen LogP contribution in [0.15, 0.2) is 48.5 Å². The Balaban J connectivity index is 1.37. The van der Waals surface area contributed by atoms with Gasteiger partial charge in [0.2, 0.25) is 5.91 Å². The van der Waals surface area contributed by atoms with Gasteiger partial charge < -0.3 is 20.5 Å². The van der Waals surface area contributed by atoms with Crippen LogP contribution in [0.5, 0.6) is 0 Å². The van der Waals surface area contributed by atoms with Gasteiger partial charge in [0.15, 0.2) is 0 Å². The van der Waals surface area contributed by atoms with E-state index < -0.39 is 18.1 Å². The van der Waals surface area contributed by atoms with Crippen molar-refractivity contribution < 1.29 is 24.2 Å². The lowest BCUT2D eigenvalue weighted by Gasteiger charge is -2.41. The highest BCUT2D eigenvalue weighted by molar-refractivity contribution is 5.86. The number of carboxylic acid groups (broad SMARTS) is 1. The van der Waals surface area contributed by atoms with E-state index in [-0.39, 0.29) is 36.2 Å². The van der Waals surface area contributed by atoms with Crippen molar-refractivity contribution in [1.82, 2.24) is 10.6 Å². The van der Waals surface area contributed by atoms with Crippen LogP contribution in [0.2, 0.25) is 0 Å². The number of rotatable bonds is 10. The summed E-state index contributed by atoms with van der Waals surface area (Å²) in [6.45, 7) is 4.45. The molecule has 2 aromatic carbocycles. The topological polar surface area (TPSA) is 105 Å². The van der Waals surface area contributed by atoms with Gasteiger partial charge >= 0.3 is 12.1 Å². The average molecular weight is 479 g/mol. The molecule has 2 amide bonds. The minimum absolute atomic E-state index is 0.0436. The Labute approximate surface area is 206 Å². The van der Waals surface area contributed by atoms with Gasteiger partial charge in [-0.15, -0.1) is 0 Å². The van der Waals surface area contributed by atoms with Gasteiger partial charge in [-0.25, -0.2) is 4.79 Å². The fourth-order valence-electron chi connectivity index (χ4n) is 5.30. The number of carbonyl (C=O) groups is 3. The lowest BCUT2D eigenvalue weighted by molar-refractivity contribution is -0.142. The van der Waals surface area contributed by atoms with Crippen molar-refractivity contribution >= 4 is 18.0 Å². The van der Waals surface area contributed by atoms with Gasteiger partial charge in [0, 0.05) is 12.5 Å². The highest BCUT2D eigenvalue weighted by atomic mass is 16.5. The van der Waals surface area contributed by atoms with E-state index in [2.05, 4.69) is 34.9 Å². The van der Waals surface area contributed by atoms with Crippen LogP contribution in [-0.2, 0) is 14.3 Å². The van der Waals surface area contributed by atoms with Gasteiger partial charge in [0.25, 0.3) is 0 Å². The standard InChI is InChI=1S/C28H34N2O5/c1-18(2)14-24(26(33)29-17-28(12-7-13-28)15-25(31)32)30-27(34)35-16-23-21-10-5-3-8-19(21)20-9-4-6-11-22(20)23/h3-6,8-11,18,23-24H,7,12-17H2,1-2H3,(H,29,33)(H,30,34)(H,31,32)/t24-/m1/s1. The molecule has 0 spiro atoms. The normalized spacial score (nSPS) is 16.5. The van der Waals surface area contributed by atoms with Crippen molar-refractivity contribution in [1.29, 1.82) is 0 Å². The Morgan fingerprint density at radius 2 is 1.63 bits per heavy atom. The van der Waals surface area contributed by atoms with Crippen LogP contribution in [0.4, 0.5) is 4.79 Å². The van der Waals surface area contributed by atoms with E-state index in [4.69, 9.17) is 4.74 Å². The molecule has 0 aromatic heterocycles.